The van der Waals surface area contributed by atoms with Crippen LogP contribution in [0.3, 0.4) is 0 Å². The summed E-state index contributed by atoms with van der Waals surface area (Å²) in [5.74, 6) is -2.63. The number of carboxylic acid groups (broad SMARTS) is 1. The van der Waals surface area contributed by atoms with E-state index >= 15 is 0 Å². The Morgan fingerprint density at radius 3 is 2.41 bits per heavy atom. The van der Waals surface area contributed by atoms with Crippen molar-refractivity contribution in [1.82, 2.24) is 9.88 Å². The van der Waals surface area contributed by atoms with E-state index in [4.69, 9.17) is 5.11 Å². The highest BCUT2D eigenvalue weighted by Gasteiger charge is 2.28. The maximum Gasteiger partial charge on any atom is 0.328 e. The number of pyridine rings is 1. The quantitative estimate of drug-likeness (QED) is 0.271. The lowest BCUT2D eigenvalue weighted by Gasteiger charge is -2.37. The highest BCUT2D eigenvalue weighted by molar-refractivity contribution is 5.85. The van der Waals surface area contributed by atoms with Gasteiger partial charge < -0.3 is 5.11 Å². The van der Waals surface area contributed by atoms with E-state index in [0.717, 1.165) is 54.2 Å². The summed E-state index contributed by atoms with van der Waals surface area (Å²) < 4.78 is 39.2. The van der Waals surface area contributed by atoms with Crippen LogP contribution in [0.25, 0.3) is 28.1 Å². The van der Waals surface area contributed by atoms with Crippen molar-refractivity contribution in [2.75, 3.05) is 6.54 Å². The number of aromatic nitrogens is 1. The van der Waals surface area contributed by atoms with Crippen LogP contribution in [-0.2, 0) is 17.8 Å². The van der Waals surface area contributed by atoms with Gasteiger partial charge in [0.15, 0.2) is 0 Å². The largest absolute Gasteiger partial charge is 0.478 e. The van der Waals surface area contributed by atoms with Crippen LogP contribution in [-0.4, -0.2) is 39.2 Å². The molecule has 0 spiro atoms. The molecule has 0 saturated carbocycles. The normalized spacial score (nSPS) is 15.6. The fourth-order valence-electron chi connectivity index (χ4n) is 4.76. The van der Waals surface area contributed by atoms with Crippen molar-refractivity contribution in [1.29, 1.82) is 0 Å². The van der Waals surface area contributed by atoms with Crippen LogP contribution in [0.1, 0.15) is 37.5 Å². The molecule has 0 bridgehead atoms. The summed E-state index contributed by atoms with van der Waals surface area (Å²) in [6.45, 7) is 6.82. The van der Waals surface area contributed by atoms with Crippen molar-refractivity contribution in [2.24, 2.45) is 0 Å². The van der Waals surface area contributed by atoms with Gasteiger partial charge in [0.05, 0.1) is 5.52 Å². The predicted molar refractivity (Wildman–Crippen MR) is 149 cm³/mol. The number of hydrogen-bond donors (Lipinski definition) is 1. The van der Waals surface area contributed by atoms with E-state index in [-0.39, 0.29) is 5.56 Å². The molecular weight excluding hydrogens is 501 g/mol. The Morgan fingerprint density at radius 1 is 1.03 bits per heavy atom. The van der Waals surface area contributed by atoms with Crippen LogP contribution in [0.5, 0.6) is 0 Å². The number of nitrogens with zero attached hydrogens (tertiary/aromatic N) is 2. The van der Waals surface area contributed by atoms with Gasteiger partial charge in [-0.3, -0.25) is 9.88 Å². The third-order valence-electron chi connectivity index (χ3n) is 6.54. The number of aliphatic carboxylic acids is 1. The zero-order chi connectivity index (χ0) is 28.2. The van der Waals surface area contributed by atoms with Crippen molar-refractivity contribution in [3.05, 3.63) is 107 Å². The molecular formula is C32H31F3N2O2. The highest BCUT2D eigenvalue weighted by Crippen LogP contribution is 2.31. The number of carboxylic acids is 1. The number of fused-ring (bicyclic) bond motifs is 2. The maximum atomic E-state index is 14.1. The van der Waals surface area contributed by atoms with Gasteiger partial charge in [0.1, 0.15) is 17.3 Å². The fraction of sp³-hybridized carbons (Fsp3) is 0.250. The van der Waals surface area contributed by atoms with Crippen molar-refractivity contribution >= 4 is 22.9 Å². The Morgan fingerprint density at radius 2 is 1.72 bits per heavy atom. The summed E-state index contributed by atoms with van der Waals surface area (Å²) in [7, 11) is 0. The first kappa shape index (κ1) is 28.0. The monoisotopic (exact) mass is 532 g/mol. The van der Waals surface area contributed by atoms with Crippen LogP contribution in [0.15, 0.2) is 79.0 Å². The van der Waals surface area contributed by atoms with E-state index in [1.165, 1.54) is 22.3 Å². The Balaban J connectivity index is 0.000000229. The molecule has 7 heteroatoms. The molecule has 5 rings (SSSR count). The number of halogens is 3. The van der Waals surface area contributed by atoms with Crippen LogP contribution in [0.2, 0.25) is 0 Å². The first-order valence-electron chi connectivity index (χ1n) is 12.7. The van der Waals surface area contributed by atoms with Gasteiger partial charge in [-0.1, -0.05) is 30.3 Å². The molecule has 4 nitrogen and oxygen atoms in total. The molecule has 4 aromatic rings. The first-order valence-corrected chi connectivity index (χ1v) is 12.7. The summed E-state index contributed by atoms with van der Waals surface area (Å²) >= 11 is 0. The average Bonchev–Trinajstić information content (AvgIpc) is 2.86. The van der Waals surface area contributed by atoms with Crippen LogP contribution < -0.4 is 0 Å². The number of hydrogen-bond acceptors (Lipinski definition) is 3. The van der Waals surface area contributed by atoms with E-state index in [9.17, 15) is 18.0 Å². The third-order valence-corrected chi connectivity index (χ3v) is 6.54. The average molecular weight is 533 g/mol. The van der Waals surface area contributed by atoms with Crippen molar-refractivity contribution in [2.45, 2.75) is 45.4 Å². The van der Waals surface area contributed by atoms with Crippen molar-refractivity contribution in [3.8, 4) is 11.1 Å². The van der Waals surface area contributed by atoms with Crippen LogP contribution in [0, 0.1) is 11.6 Å². The Hall–Kier alpha value is -3.97. The molecule has 0 saturated heterocycles. The van der Waals surface area contributed by atoms with Crippen LogP contribution >= 0.6 is 0 Å². The number of benzene rings is 3. The molecule has 0 fully saturated rings. The molecule has 0 amide bonds. The van der Waals surface area contributed by atoms with Gasteiger partial charge in [0, 0.05) is 42.9 Å². The zero-order valence-corrected chi connectivity index (χ0v) is 22.2. The third kappa shape index (κ3) is 7.77. The molecule has 1 unspecified atom stereocenters. The lowest BCUT2D eigenvalue weighted by Crippen LogP contribution is -2.44. The number of alkyl halides is 1. The molecule has 0 aliphatic carbocycles. The van der Waals surface area contributed by atoms with E-state index in [1.54, 1.807) is 13.8 Å². The molecule has 2 heterocycles. The SMILES string of the molecule is CC1Cc2cc(-c3ccc4ncccc4c3)ccc2CN1CC(C)(C)F.O=C(O)/C=C/c1cc(F)cc(F)c1. The summed E-state index contributed by atoms with van der Waals surface area (Å²) in [6, 6.07) is 20.4. The fourth-order valence-corrected chi connectivity index (χ4v) is 4.76. The Bertz CT molecular complexity index is 1490. The van der Waals surface area contributed by atoms with Gasteiger partial charge in [-0.05, 0) is 91.4 Å². The van der Waals surface area contributed by atoms with Gasteiger partial charge in [0.2, 0.25) is 0 Å². The second-order valence-corrected chi connectivity index (χ2v) is 10.4. The van der Waals surface area contributed by atoms with E-state index < -0.39 is 23.3 Å². The van der Waals surface area contributed by atoms with Gasteiger partial charge in [-0.15, -0.1) is 0 Å². The van der Waals surface area contributed by atoms with E-state index in [0.29, 0.717) is 12.6 Å². The van der Waals surface area contributed by atoms with Crippen molar-refractivity contribution in [3.63, 3.8) is 0 Å². The summed E-state index contributed by atoms with van der Waals surface area (Å²) in [4.78, 5) is 16.7. The number of carbonyl (C=O) groups is 1. The van der Waals surface area contributed by atoms with Gasteiger partial charge in [0.25, 0.3) is 0 Å². The molecule has 1 aromatic heterocycles. The maximum absolute atomic E-state index is 14.1. The van der Waals surface area contributed by atoms with Crippen LogP contribution in [0.4, 0.5) is 13.2 Å². The minimum absolute atomic E-state index is 0.180. The smallest absolute Gasteiger partial charge is 0.328 e. The molecule has 39 heavy (non-hydrogen) atoms. The highest BCUT2D eigenvalue weighted by atomic mass is 19.1. The van der Waals surface area contributed by atoms with Gasteiger partial charge in [-0.25, -0.2) is 18.0 Å². The first-order chi connectivity index (χ1) is 18.5. The molecule has 0 radical (unpaired) electrons. The topological polar surface area (TPSA) is 53.4 Å². The molecule has 1 aliphatic rings. The predicted octanol–water partition coefficient (Wildman–Crippen LogP) is 7.46. The second-order valence-electron chi connectivity index (χ2n) is 10.4. The van der Waals surface area contributed by atoms with Crippen molar-refractivity contribution < 1.29 is 23.1 Å². The zero-order valence-electron chi connectivity index (χ0n) is 22.2. The van der Waals surface area contributed by atoms with Gasteiger partial charge >= 0.3 is 5.97 Å². The number of rotatable bonds is 5. The summed E-state index contributed by atoms with van der Waals surface area (Å²) in [6.07, 6.45) is 4.73. The molecule has 1 aliphatic heterocycles. The van der Waals surface area contributed by atoms with E-state index in [2.05, 4.69) is 59.3 Å². The van der Waals surface area contributed by atoms with E-state index in [1.807, 2.05) is 12.3 Å². The molecule has 1 N–H and O–H groups in total. The lowest BCUT2D eigenvalue weighted by molar-refractivity contribution is -0.131. The summed E-state index contributed by atoms with van der Waals surface area (Å²) in [5.41, 5.74) is 5.19. The Kier molecular flexibility index (Phi) is 8.51. The molecule has 1 atom stereocenters. The minimum Gasteiger partial charge on any atom is -0.478 e. The Labute approximate surface area is 226 Å². The molecule has 202 valence electrons. The standard InChI is InChI=1S/C23H25FN2.C9H6F2O2/c1-16-11-21-13-17(6-7-20(21)14-26(16)15-23(2,3)24)18-8-9-22-19(12-18)5-4-10-25-22;10-7-3-6(1-2-9(12)13)4-8(11)5-7/h4-10,12-13,16H,11,14-15H2,1-3H3;1-5H,(H,12,13)/b;2-1+. The lowest BCUT2D eigenvalue weighted by atomic mass is 9.90. The minimum atomic E-state index is -1.16. The molecule has 3 aromatic carbocycles. The van der Waals surface area contributed by atoms with Gasteiger partial charge in [-0.2, -0.15) is 0 Å². The second kappa shape index (κ2) is 11.8. The summed E-state index contributed by atoms with van der Waals surface area (Å²) in [5, 5.41) is 9.40.